The molecule has 1 aliphatic heterocycles. The van der Waals surface area contributed by atoms with Gasteiger partial charge in [-0.05, 0) is 11.6 Å². The number of carbonyl (C=O) groups is 1. The molecule has 1 aliphatic rings. The fourth-order valence-electron chi connectivity index (χ4n) is 4.72. The molecule has 0 fully saturated rings. The van der Waals surface area contributed by atoms with Crippen LogP contribution in [0.4, 0.5) is 0 Å². The Morgan fingerprint density at radius 1 is 0.974 bits per heavy atom. The van der Waals surface area contributed by atoms with E-state index in [4.69, 9.17) is 5.14 Å². The van der Waals surface area contributed by atoms with Crippen LogP contribution in [0.15, 0.2) is 84.4 Å². The number of primary sulfonamides is 1. The van der Waals surface area contributed by atoms with Crippen LogP contribution in [0.3, 0.4) is 0 Å². The zero-order valence-electron chi connectivity index (χ0n) is 20.8. The second kappa shape index (κ2) is 9.93. The van der Waals surface area contributed by atoms with Crippen LogP contribution < -0.4 is 5.14 Å². The molecule has 2 aromatic carbocycles. The Morgan fingerprint density at radius 2 is 1.77 bits per heavy atom. The zero-order valence-corrected chi connectivity index (χ0v) is 21.6. The summed E-state index contributed by atoms with van der Waals surface area (Å²) in [4.78, 5) is 19.6. The minimum Gasteiger partial charge on any atom is -0.331 e. The molecule has 0 saturated heterocycles. The number of hydrogen-bond acceptors (Lipinski definition) is 7. The Kier molecular flexibility index (Phi) is 6.29. The molecule has 0 bridgehead atoms. The average molecular weight is 544 g/mol. The average Bonchev–Trinajstić information content (AvgIpc) is 3.69. The number of imidazole rings is 1. The highest BCUT2D eigenvalue weighted by Crippen LogP contribution is 2.23. The lowest BCUT2D eigenvalue weighted by Crippen LogP contribution is -2.39. The smallest absolute Gasteiger partial charge is 0.254 e. The summed E-state index contributed by atoms with van der Waals surface area (Å²) in [6, 6.07) is 17.3. The van der Waals surface area contributed by atoms with Crippen LogP contribution >= 0.6 is 0 Å². The number of sulfonamides is 1. The fourth-order valence-corrected chi connectivity index (χ4v) is 5.42. The van der Waals surface area contributed by atoms with Gasteiger partial charge in [-0.3, -0.25) is 9.48 Å². The van der Waals surface area contributed by atoms with Crippen LogP contribution in [0.1, 0.15) is 27.3 Å². The second-order valence-corrected chi connectivity index (χ2v) is 10.8. The molecule has 0 radical (unpaired) electrons. The van der Waals surface area contributed by atoms with E-state index in [-0.39, 0.29) is 17.3 Å². The van der Waals surface area contributed by atoms with Crippen molar-refractivity contribution in [3.05, 3.63) is 102 Å². The Hall–Kier alpha value is -4.62. The van der Waals surface area contributed by atoms with Gasteiger partial charge in [0.15, 0.2) is 0 Å². The van der Waals surface area contributed by atoms with Crippen LogP contribution in [-0.4, -0.2) is 60.1 Å². The SMILES string of the molecule is NS(=O)(=O)c1cnn2c1CN(C(=O)c1ccccc1Cn1cc(Cn3cnc(-c4ccccc4)c3)nn1)CC2. The number of fused-ring (bicyclic) bond motifs is 1. The Balaban J connectivity index is 1.17. The van der Waals surface area contributed by atoms with Crippen molar-refractivity contribution in [1.29, 1.82) is 0 Å². The van der Waals surface area contributed by atoms with Crippen molar-refractivity contribution >= 4 is 15.9 Å². The standard InChI is InChI=1S/C26H25N9O3S/c27-39(37,38)25-12-29-35-11-10-33(17-24(25)35)26(36)22-9-5-4-8-20(22)13-34-15-21(30-31-34)14-32-16-23(28-18-32)19-6-2-1-3-7-19/h1-9,12,15-16,18H,10-11,13-14,17H2,(H2,27,37,38). The summed E-state index contributed by atoms with van der Waals surface area (Å²) in [6.45, 7) is 1.74. The first kappa shape index (κ1) is 24.7. The molecule has 0 atom stereocenters. The molecule has 3 aromatic heterocycles. The van der Waals surface area contributed by atoms with Crippen molar-refractivity contribution in [3.63, 3.8) is 0 Å². The predicted octanol–water partition coefficient (Wildman–Crippen LogP) is 1.74. The van der Waals surface area contributed by atoms with Crippen LogP contribution in [0.5, 0.6) is 0 Å². The largest absolute Gasteiger partial charge is 0.331 e. The van der Waals surface area contributed by atoms with E-state index in [9.17, 15) is 13.2 Å². The highest BCUT2D eigenvalue weighted by atomic mass is 32.2. The normalized spacial score (nSPS) is 13.4. The molecule has 4 heterocycles. The summed E-state index contributed by atoms with van der Waals surface area (Å²) in [5, 5.41) is 18.0. The number of hydrogen-bond donors (Lipinski definition) is 1. The number of carbonyl (C=O) groups excluding carboxylic acids is 1. The molecule has 198 valence electrons. The van der Waals surface area contributed by atoms with Crippen molar-refractivity contribution in [2.24, 2.45) is 5.14 Å². The number of amides is 1. The van der Waals surface area contributed by atoms with Gasteiger partial charge in [0.1, 0.15) is 10.6 Å². The molecule has 12 nitrogen and oxygen atoms in total. The third-order valence-electron chi connectivity index (χ3n) is 6.64. The topological polar surface area (TPSA) is 147 Å². The van der Waals surface area contributed by atoms with Crippen molar-refractivity contribution in [2.75, 3.05) is 6.54 Å². The van der Waals surface area contributed by atoms with E-state index in [1.807, 2.05) is 59.4 Å². The minimum absolute atomic E-state index is 0.0581. The highest BCUT2D eigenvalue weighted by Gasteiger charge is 2.29. The van der Waals surface area contributed by atoms with Crippen molar-refractivity contribution in [1.82, 2.24) is 39.2 Å². The number of nitrogens with two attached hydrogens (primary N) is 1. The summed E-state index contributed by atoms with van der Waals surface area (Å²) in [7, 11) is -3.94. The summed E-state index contributed by atoms with van der Waals surface area (Å²) >= 11 is 0. The highest BCUT2D eigenvalue weighted by molar-refractivity contribution is 7.89. The molecule has 6 rings (SSSR count). The monoisotopic (exact) mass is 543 g/mol. The first-order valence-corrected chi connectivity index (χ1v) is 13.8. The molecule has 1 amide bonds. The number of aromatic nitrogens is 7. The fraction of sp³-hybridized carbons (Fsp3) is 0.192. The Morgan fingerprint density at radius 3 is 2.59 bits per heavy atom. The van der Waals surface area contributed by atoms with Crippen LogP contribution in [0.2, 0.25) is 0 Å². The van der Waals surface area contributed by atoms with Crippen molar-refractivity contribution in [3.8, 4) is 11.3 Å². The maximum atomic E-state index is 13.5. The molecule has 13 heteroatoms. The van der Waals surface area contributed by atoms with Gasteiger partial charge in [0.25, 0.3) is 5.91 Å². The molecular weight excluding hydrogens is 518 g/mol. The van der Waals surface area contributed by atoms with Crippen LogP contribution in [0, 0.1) is 0 Å². The van der Waals surface area contributed by atoms with Crippen LogP contribution in [-0.2, 0) is 36.2 Å². The van der Waals surface area contributed by atoms with Gasteiger partial charge in [0.2, 0.25) is 10.0 Å². The number of benzene rings is 2. The summed E-state index contributed by atoms with van der Waals surface area (Å²) in [5.41, 5.74) is 4.38. The molecular formula is C26H25N9O3S. The molecule has 0 spiro atoms. The molecule has 0 aliphatic carbocycles. The van der Waals surface area contributed by atoms with E-state index in [1.54, 1.807) is 32.7 Å². The van der Waals surface area contributed by atoms with Gasteiger partial charge < -0.3 is 9.47 Å². The number of nitrogens with zero attached hydrogens (tertiary/aromatic N) is 8. The van der Waals surface area contributed by atoms with Gasteiger partial charge >= 0.3 is 0 Å². The van der Waals surface area contributed by atoms with Gasteiger partial charge in [0.05, 0.1) is 56.3 Å². The summed E-state index contributed by atoms with van der Waals surface area (Å²) < 4.78 is 29.1. The van der Waals surface area contributed by atoms with E-state index in [1.165, 1.54) is 6.20 Å². The molecule has 0 saturated carbocycles. The van der Waals surface area contributed by atoms with Gasteiger partial charge in [0, 0.05) is 23.9 Å². The molecule has 5 aromatic rings. The second-order valence-electron chi connectivity index (χ2n) is 9.31. The first-order chi connectivity index (χ1) is 18.8. The first-order valence-electron chi connectivity index (χ1n) is 12.3. The number of rotatable bonds is 7. The maximum absolute atomic E-state index is 13.5. The Bertz CT molecular complexity index is 1760. The van der Waals surface area contributed by atoms with Gasteiger partial charge in [-0.25, -0.2) is 23.2 Å². The van der Waals surface area contributed by atoms with Crippen molar-refractivity contribution in [2.45, 2.75) is 31.1 Å². The van der Waals surface area contributed by atoms with Gasteiger partial charge in [-0.15, -0.1) is 5.10 Å². The zero-order chi connectivity index (χ0) is 27.0. The summed E-state index contributed by atoms with van der Waals surface area (Å²) in [6.07, 6.45) is 6.82. The predicted molar refractivity (Wildman–Crippen MR) is 141 cm³/mol. The van der Waals surface area contributed by atoms with Crippen molar-refractivity contribution < 1.29 is 13.2 Å². The molecule has 2 N–H and O–H groups in total. The lowest BCUT2D eigenvalue weighted by molar-refractivity contribution is 0.0702. The van der Waals surface area contributed by atoms with Crippen LogP contribution in [0.25, 0.3) is 11.3 Å². The minimum atomic E-state index is -3.94. The lowest BCUT2D eigenvalue weighted by atomic mass is 10.1. The lowest BCUT2D eigenvalue weighted by Gasteiger charge is -2.29. The van der Waals surface area contributed by atoms with E-state index in [0.717, 1.165) is 22.5 Å². The third-order valence-corrected chi connectivity index (χ3v) is 7.59. The van der Waals surface area contributed by atoms with E-state index in [0.29, 0.717) is 37.4 Å². The van der Waals surface area contributed by atoms with E-state index in [2.05, 4.69) is 20.4 Å². The molecule has 0 unspecified atom stereocenters. The molecule has 39 heavy (non-hydrogen) atoms. The van der Waals surface area contributed by atoms with Gasteiger partial charge in [-0.1, -0.05) is 53.7 Å². The maximum Gasteiger partial charge on any atom is 0.254 e. The quantitative estimate of drug-likeness (QED) is 0.329. The third kappa shape index (κ3) is 5.09. The Labute approximate surface area is 224 Å². The summed E-state index contributed by atoms with van der Waals surface area (Å²) in [5.74, 6) is -0.203. The van der Waals surface area contributed by atoms with E-state index < -0.39 is 10.0 Å². The van der Waals surface area contributed by atoms with E-state index >= 15 is 0 Å². The van der Waals surface area contributed by atoms with Gasteiger partial charge in [-0.2, -0.15) is 5.10 Å².